The van der Waals surface area contributed by atoms with Gasteiger partial charge in [0.2, 0.25) is 0 Å². The minimum atomic E-state index is -0.0446. The van der Waals surface area contributed by atoms with Crippen molar-refractivity contribution in [2.24, 2.45) is 0 Å². The van der Waals surface area contributed by atoms with E-state index in [0.29, 0.717) is 0 Å². The Morgan fingerprint density at radius 3 is 2.08 bits per heavy atom. The normalized spacial score (nSPS) is 11.2. The summed E-state index contributed by atoms with van der Waals surface area (Å²) in [5.41, 5.74) is 0. The fraction of sp³-hybridized carbons (Fsp3) is 1.00. The second-order valence-electron chi connectivity index (χ2n) is 2.91. The molecule has 0 saturated carbocycles. The van der Waals surface area contributed by atoms with Crippen LogP contribution in [0.5, 0.6) is 0 Å². The summed E-state index contributed by atoms with van der Waals surface area (Å²) in [6, 6.07) is 0. The van der Waals surface area contributed by atoms with E-state index in [4.69, 9.17) is 5.11 Å². The van der Waals surface area contributed by atoms with Gasteiger partial charge in [0.15, 0.2) is 0 Å². The van der Waals surface area contributed by atoms with Gasteiger partial charge in [-0.3, -0.25) is 0 Å². The largest absolute Gasteiger partial charge is 2.00 e. The number of hydrogen-bond acceptors (Lipinski definition) is 1. The molecule has 70 valence electrons. The van der Waals surface area contributed by atoms with Crippen molar-refractivity contribution in [1.82, 2.24) is 0 Å². The molecule has 3 heteroatoms. The zero-order chi connectivity index (χ0) is 7.82. The first-order chi connectivity index (χ1) is 4.81. The average molecular weight is 204 g/mol. The molecule has 1 atom stereocenters. The molecular weight excluding hydrogens is 184 g/mol. The molecule has 0 spiro atoms. The molecule has 0 rings (SSSR count). The van der Waals surface area contributed by atoms with Gasteiger partial charge in [-0.2, -0.15) is 0 Å². The van der Waals surface area contributed by atoms with E-state index in [-0.39, 0.29) is 41.6 Å². The van der Waals surface area contributed by atoms with Crippen molar-refractivity contribution in [3.05, 3.63) is 0 Å². The fourth-order valence-corrected chi connectivity index (χ4v) is 1.01. The van der Waals surface area contributed by atoms with Gasteiger partial charge < -0.3 is 17.5 Å². The van der Waals surface area contributed by atoms with Gasteiger partial charge in [-0.1, -0.05) is 39.5 Å². The molecule has 0 bridgehead atoms. The molecule has 1 nitrogen and oxygen atoms in total. The molecule has 0 aromatic rings. The summed E-state index contributed by atoms with van der Waals surface area (Å²) in [4.78, 5) is 0. The van der Waals surface area contributed by atoms with E-state index in [1.807, 2.05) is 6.92 Å². The maximum Gasteiger partial charge on any atom is 2.00 e. The fourth-order valence-electron chi connectivity index (χ4n) is 1.01. The standard InChI is InChI=1S/C9H20O.ClH.Mg/c1-3-5-6-7-8-9(10)4-2;;/h9-10H,3-8H2,1-2H3;1H;/q;;+2/p-1. The first kappa shape index (κ1) is 18.7. The SMILES string of the molecule is CCCCCCC(O)CC.[Cl-].[Mg+2]. The molecule has 0 aliphatic carbocycles. The Morgan fingerprint density at radius 1 is 1.08 bits per heavy atom. The second-order valence-corrected chi connectivity index (χ2v) is 2.91. The van der Waals surface area contributed by atoms with Crippen LogP contribution in [-0.4, -0.2) is 34.3 Å². The zero-order valence-corrected chi connectivity index (χ0v) is 10.5. The van der Waals surface area contributed by atoms with Crippen molar-refractivity contribution in [1.29, 1.82) is 0 Å². The van der Waals surface area contributed by atoms with Crippen LogP contribution in [0.15, 0.2) is 0 Å². The van der Waals surface area contributed by atoms with E-state index in [2.05, 4.69) is 6.92 Å². The number of halogens is 1. The Bertz CT molecular complexity index is 71.5. The summed E-state index contributed by atoms with van der Waals surface area (Å²) in [5.74, 6) is 0. The van der Waals surface area contributed by atoms with Crippen molar-refractivity contribution in [2.45, 2.75) is 58.5 Å². The molecule has 1 N–H and O–H groups in total. The summed E-state index contributed by atoms with van der Waals surface area (Å²) in [6.45, 7) is 4.24. The van der Waals surface area contributed by atoms with Crippen LogP contribution in [0.1, 0.15) is 52.4 Å². The van der Waals surface area contributed by atoms with E-state index >= 15 is 0 Å². The number of aliphatic hydroxyl groups is 1. The van der Waals surface area contributed by atoms with E-state index in [1.54, 1.807) is 0 Å². The Labute approximate surface area is 98.9 Å². The summed E-state index contributed by atoms with van der Waals surface area (Å²) >= 11 is 0. The van der Waals surface area contributed by atoms with Crippen LogP contribution < -0.4 is 12.4 Å². The summed E-state index contributed by atoms with van der Waals surface area (Å²) < 4.78 is 0. The predicted molar refractivity (Wildman–Crippen MR) is 50.8 cm³/mol. The van der Waals surface area contributed by atoms with Crippen molar-refractivity contribution >= 4 is 23.1 Å². The monoisotopic (exact) mass is 203 g/mol. The van der Waals surface area contributed by atoms with Crippen LogP contribution in [0.3, 0.4) is 0 Å². The van der Waals surface area contributed by atoms with Gasteiger partial charge in [-0.15, -0.1) is 0 Å². The van der Waals surface area contributed by atoms with Gasteiger partial charge in [-0.25, -0.2) is 0 Å². The van der Waals surface area contributed by atoms with Gasteiger partial charge in [0.25, 0.3) is 0 Å². The molecule has 12 heavy (non-hydrogen) atoms. The zero-order valence-electron chi connectivity index (χ0n) is 8.35. The van der Waals surface area contributed by atoms with E-state index in [1.165, 1.54) is 25.7 Å². The van der Waals surface area contributed by atoms with E-state index in [9.17, 15) is 0 Å². The molecule has 0 aromatic carbocycles. The van der Waals surface area contributed by atoms with Gasteiger partial charge >= 0.3 is 23.1 Å². The van der Waals surface area contributed by atoms with Gasteiger partial charge in [0.05, 0.1) is 6.10 Å². The van der Waals surface area contributed by atoms with E-state index in [0.717, 1.165) is 12.8 Å². The molecule has 0 amide bonds. The molecular formula is C9H20ClMgO+. The third kappa shape index (κ3) is 13.6. The molecule has 0 aliphatic heterocycles. The number of hydrogen-bond donors (Lipinski definition) is 1. The first-order valence-electron chi connectivity index (χ1n) is 4.49. The Balaban J connectivity index is -0.000000405. The molecule has 0 saturated heterocycles. The molecule has 0 heterocycles. The third-order valence-corrected chi connectivity index (χ3v) is 1.86. The van der Waals surface area contributed by atoms with Crippen LogP contribution >= 0.6 is 0 Å². The van der Waals surface area contributed by atoms with Crippen LogP contribution in [0, 0.1) is 0 Å². The predicted octanol–water partition coefficient (Wildman–Crippen LogP) is -0.649. The first-order valence-corrected chi connectivity index (χ1v) is 4.49. The van der Waals surface area contributed by atoms with Crippen molar-refractivity contribution < 1.29 is 17.5 Å². The van der Waals surface area contributed by atoms with Gasteiger partial charge in [-0.05, 0) is 12.8 Å². The van der Waals surface area contributed by atoms with Crippen molar-refractivity contribution in [3.63, 3.8) is 0 Å². The molecule has 0 aromatic heterocycles. The smallest absolute Gasteiger partial charge is 1.00 e. The quantitative estimate of drug-likeness (QED) is 0.450. The summed E-state index contributed by atoms with van der Waals surface area (Å²) in [5, 5.41) is 9.16. The maximum atomic E-state index is 9.16. The maximum absolute atomic E-state index is 9.16. The topological polar surface area (TPSA) is 20.2 Å². The molecule has 0 fully saturated rings. The molecule has 1 unspecified atom stereocenters. The number of unbranched alkanes of at least 4 members (excludes halogenated alkanes) is 3. The van der Waals surface area contributed by atoms with Crippen LogP contribution in [0.4, 0.5) is 0 Å². The number of rotatable bonds is 6. The minimum absolute atomic E-state index is 0. The second kappa shape index (κ2) is 14.5. The van der Waals surface area contributed by atoms with Gasteiger partial charge in [0, 0.05) is 0 Å². The Morgan fingerprint density at radius 2 is 1.67 bits per heavy atom. The number of aliphatic hydroxyl groups excluding tert-OH is 1. The average Bonchev–Trinajstić information content (AvgIpc) is 1.98. The molecule has 0 aliphatic rings. The van der Waals surface area contributed by atoms with Crippen LogP contribution in [-0.2, 0) is 0 Å². The Kier molecular flexibility index (Phi) is 22.7. The van der Waals surface area contributed by atoms with E-state index < -0.39 is 0 Å². The third-order valence-electron chi connectivity index (χ3n) is 1.86. The molecule has 0 radical (unpaired) electrons. The van der Waals surface area contributed by atoms with Crippen LogP contribution in [0.2, 0.25) is 0 Å². The van der Waals surface area contributed by atoms with Crippen LogP contribution in [0.25, 0.3) is 0 Å². The summed E-state index contributed by atoms with van der Waals surface area (Å²) in [6.07, 6.45) is 6.94. The van der Waals surface area contributed by atoms with Gasteiger partial charge in [0.1, 0.15) is 0 Å². The minimum Gasteiger partial charge on any atom is -1.00 e. The Hall–Kier alpha value is 1.02. The van der Waals surface area contributed by atoms with Crippen molar-refractivity contribution in [3.8, 4) is 0 Å². The van der Waals surface area contributed by atoms with Crippen molar-refractivity contribution in [2.75, 3.05) is 0 Å². The summed E-state index contributed by atoms with van der Waals surface area (Å²) in [7, 11) is 0.